The van der Waals surface area contributed by atoms with Crippen LogP contribution < -0.4 is 5.32 Å². The molecule has 2 rings (SSSR count). The van der Waals surface area contributed by atoms with Gasteiger partial charge in [0, 0.05) is 25.3 Å². The number of carbonyl (C=O) groups is 1. The molecule has 1 aromatic rings. The highest BCUT2D eigenvalue weighted by Gasteiger charge is 2.29. The number of piperidine rings is 1. The highest BCUT2D eigenvalue weighted by atomic mass is 35.5. The number of amides is 1. The van der Waals surface area contributed by atoms with E-state index in [-0.39, 0.29) is 18.0 Å². The zero-order valence-electron chi connectivity index (χ0n) is 11.6. The largest absolute Gasteiger partial charge is 0.372 e. The van der Waals surface area contributed by atoms with Gasteiger partial charge >= 0.3 is 0 Å². The molecule has 19 heavy (non-hydrogen) atoms. The van der Waals surface area contributed by atoms with E-state index in [0.717, 1.165) is 12.8 Å². The topological polar surface area (TPSA) is 45.2 Å². The lowest BCUT2D eigenvalue weighted by molar-refractivity contribution is 0.0510. The lowest BCUT2D eigenvalue weighted by Gasteiger charge is -2.39. The van der Waals surface area contributed by atoms with Gasteiger partial charge in [0.25, 0.3) is 5.91 Å². The molecule has 0 bridgehead atoms. The van der Waals surface area contributed by atoms with Crippen LogP contribution >= 0.6 is 11.6 Å². The Morgan fingerprint density at radius 2 is 2.05 bits per heavy atom. The van der Waals surface area contributed by atoms with E-state index >= 15 is 0 Å². The minimum atomic E-state index is 0.0248. The average molecular weight is 282 g/mol. The summed E-state index contributed by atoms with van der Waals surface area (Å²) < 4.78 is 0. The number of likely N-dealkylation sites (tertiary alicyclic amines) is 1. The van der Waals surface area contributed by atoms with Gasteiger partial charge in [-0.3, -0.25) is 4.79 Å². The Bertz CT molecular complexity index is 468. The van der Waals surface area contributed by atoms with Crippen LogP contribution in [0.25, 0.3) is 0 Å². The molecule has 4 nitrogen and oxygen atoms in total. The fraction of sp³-hybridized carbons (Fsp3) is 0.571. The maximum atomic E-state index is 12.6. The van der Waals surface area contributed by atoms with Crippen LogP contribution in [0.2, 0.25) is 5.02 Å². The summed E-state index contributed by atoms with van der Waals surface area (Å²) in [6.45, 7) is 4.20. The molecule has 104 valence electrons. The van der Waals surface area contributed by atoms with Gasteiger partial charge in [0.1, 0.15) is 5.82 Å². The molecule has 2 unspecified atom stereocenters. The second-order valence-corrected chi connectivity index (χ2v) is 5.55. The molecule has 1 aliphatic heterocycles. The Labute approximate surface area is 119 Å². The molecule has 2 heterocycles. The highest BCUT2D eigenvalue weighted by Crippen LogP contribution is 2.26. The van der Waals surface area contributed by atoms with Gasteiger partial charge in [-0.15, -0.1) is 0 Å². The lowest BCUT2D eigenvalue weighted by atomic mass is 9.96. The Balaban J connectivity index is 2.25. The number of hydrogen-bond donors (Lipinski definition) is 1. The molecule has 0 saturated carbocycles. The number of halogens is 1. The van der Waals surface area contributed by atoms with Crippen molar-refractivity contribution in [3.05, 3.63) is 22.8 Å². The first kappa shape index (κ1) is 14.1. The van der Waals surface area contributed by atoms with E-state index < -0.39 is 0 Å². The standard InChI is InChI=1S/C14H20ClN3O/c1-9-5-4-6-10(2)18(9)14(19)11-7-12(15)13(16-3)17-8-11/h7-10H,4-6H2,1-3H3,(H,16,17). The van der Waals surface area contributed by atoms with Crippen molar-refractivity contribution < 1.29 is 4.79 Å². The van der Waals surface area contributed by atoms with Crippen LogP contribution in [0.1, 0.15) is 43.5 Å². The summed E-state index contributed by atoms with van der Waals surface area (Å²) in [6, 6.07) is 2.24. The molecule has 0 spiro atoms. The van der Waals surface area contributed by atoms with Crippen LogP contribution in [0.15, 0.2) is 12.3 Å². The Hall–Kier alpha value is -1.29. The second-order valence-electron chi connectivity index (χ2n) is 5.15. The van der Waals surface area contributed by atoms with Crippen LogP contribution in [0, 0.1) is 0 Å². The molecule has 0 aromatic carbocycles. The van der Waals surface area contributed by atoms with Gasteiger partial charge in [-0.2, -0.15) is 0 Å². The van der Waals surface area contributed by atoms with Gasteiger partial charge in [-0.05, 0) is 39.2 Å². The number of nitrogens with zero attached hydrogens (tertiary/aromatic N) is 2. The number of aromatic nitrogens is 1. The number of anilines is 1. The molecule has 1 saturated heterocycles. The fourth-order valence-electron chi connectivity index (χ4n) is 2.71. The Morgan fingerprint density at radius 1 is 1.42 bits per heavy atom. The van der Waals surface area contributed by atoms with Crippen molar-refractivity contribution in [2.75, 3.05) is 12.4 Å². The third kappa shape index (κ3) is 2.84. The smallest absolute Gasteiger partial charge is 0.255 e. The van der Waals surface area contributed by atoms with Gasteiger partial charge in [0.05, 0.1) is 10.6 Å². The maximum Gasteiger partial charge on any atom is 0.255 e. The predicted octanol–water partition coefficient (Wildman–Crippen LogP) is 3.18. The number of rotatable bonds is 2. The number of nitrogens with one attached hydrogen (secondary N) is 1. The number of carbonyl (C=O) groups excluding carboxylic acids is 1. The van der Waals surface area contributed by atoms with Gasteiger partial charge in [0.2, 0.25) is 0 Å². The van der Waals surface area contributed by atoms with Crippen LogP contribution in [-0.2, 0) is 0 Å². The van der Waals surface area contributed by atoms with E-state index in [1.165, 1.54) is 6.42 Å². The summed E-state index contributed by atoms with van der Waals surface area (Å²) in [4.78, 5) is 18.7. The average Bonchev–Trinajstić information content (AvgIpc) is 2.38. The van der Waals surface area contributed by atoms with Crippen molar-refractivity contribution in [1.29, 1.82) is 0 Å². The Kier molecular flexibility index (Phi) is 4.30. The quantitative estimate of drug-likeness (QED) is 0.905. The summed E-state index contributed by atoms with van der Waals surface area (Å²) in [5.74, 6) is 0.620. The summed E-state index contributed by atoms with van der Waals surface area (Å²) in [6.07, 6.45) is 4.90. The molecule has 1 N–H and O–H groups in total. The molecule has 1 aromatic heterocycles. The predicted molar refractivity (Wildman–Crippen MR) is 77.7 cm³/mol. The minimum Gasteiger partial charge on any atom is -0.372 e. The van der Waals surface area contributed by atoms with Gasteiger partial charge in [-0.25, -0.2) is 4.98 Å². The summed E-state index contributed by atoms with van der Waals surface area (Å²) in [5.41, 5.74) is 0.560. The van der Waals surface area contributed by atoms with Crippen molar-refractivity contribution >= 4 is 23.3 Å². The second kappa shape index (κ2) is 5.78. The van der Waals surface area contributed by atoms with Crippen LogP contribution in [0.3, 0.4) is 0 Å². The number of pyridine rings is 1. The summed E-state index contributed by atoms with van der Waals surface area (Å²) in [5, 5.41) is 3.37. The third-order valence-corrected chi connectivity index (χ3v) is 4.04. The van der Waals surface area contributed by atoms with Crippen molar-refractivity contribution in [2.45, 2.75) is 45.2 Å². The first-order chi connectivity index (χ1) is 9.04. The molecule has 0 radical (unpaired) electrons. The molecular formula is C14H20ClN3O. The highest BCUT2D eigenvalue weighted by molar-refractivity contribution is 6.33. The molecular weight excluding hydrogens is 262 g/mol. The Morgan fingerprint density at radius 3 is 2.58 bits per heavy atom. The van der Waals surface area contributed by atoms with Crippen molar-refractivity contribution in [3.8, 4) is 0 Å². The van der Waals surface area contributed by atoms with Crippen molar-refractivity contribution in [3.63, 3.8) is 0 Å². The van der Waals surface area contributed by atoms with E-state index in [9.17, 15) is 4.79 Å². The van der Waals surface area contributed by atoms with E-state index in [1.807, 2.05) is 4.90 Å². The normalized spacial score (nSPS) is 23.3. The van der Waals surface area contributed by atoms with E-state index in [0.29, 0.717) is 16.4 Å². The molecule has 1 amide bonds. The maximum absolute atomic E-state index is 12.6. The first-order valence-corrected chi connectivity index (χ1v) is 7.08. The molecule has 5 heteroatoms. The SMILES string of the molecule is CNc1ncc(C(=O)N2C(C)CCCC2C)cc1Cl. The summed E-state index contributed by atoms with van der Waals surface area (Å²) in [7, 11) is 1.75. The molecule has 0 aliphatic carbocycles. The van der Waals surface area contributed by atoms with Crippen LogP contribution in [0.4, 0.5) is 5.82 Å². The molecule has 1 aliphatic rings. The van der Waals surface area contributed by atoms with E-state index in [4.69, 9.17) is 11.6 Å². The fourth-order valence-corrected chi connectivity index (χ4v) is 2.97. The van der Waals surface area contributed by atoms with Crippen LogP contribution in [0.5, 0.6) is 0 Å². The first-order valence-electron chi connectivity index (χ1n) is 6.70. The monoisotopic (exact) mass is 281 g/mol. The third-order valence-electron chi connectivity index (χ3n) is 3.75. The van der Waals surface area contributed by atoms with Crippen molar-refractivity contribution in [1.82, 2.24) is 9.88 Å². The minimum absolute atomic E-state index is 0.0248. The number of hydrogen-bond acceptors (Lipinski definition) is 3. The molecule has 1 fully saturated rings. The zero-order chi connectivity index (χ0) is 14.0. The van der Waals surface area contributed by atoms with Gasteiger partial charge in [0.15, 0.2) is 0 Å². The van der Waals surface area contributed by atoms with Gasteiger partial charge < -0.3 is 10.2 Å². The summed E-state index contributed by atoms with van der Waals surface area (Å²) >= 11 is 6.09. The van der Waals surface area contributed by atoms with E-state index in [2.05, 4.69) is 24.1 Å². The zero-order valence-corrected chi connectivity index (χ0v) is 12.4. The molecule has 2 atom stereocenters. The van der Waals surface area contributed by atoms with E-state index in [1.54, 1.807) is 19.3 Å². The van der Waals surface area contributed by atoms with Crippen molar-refractivity contribution in [2.24, 2.45) is 0 Å². The van der Waals surface area contributed by atoms with Gasteiger partial charge in [-0.1, -0.05) is 11.6 Å². The lowest BCUT2D eigenvalue weighted by Crippen LogP contribution is -2.47. The van der Waals surface area contributed by atoms with Crippen LogP contribution in [-0.4, -0.2) is 34.9 Å².